The van der Waals surface area contributed by atoms with Gasteiger partial charge in [-0.2, -0.15) is 10.2 Å². The number of carbonyl (C=O) groups excluding carboxylic acids is 2. The molecule has 2 aliphatic rings. The van der Waals surface area contributed by atoms with E-state index in [-0.39, 0.29) is 22.1 Å². The molecule has 16 heteroatoms. The second-order valence-electron chi connectivity index (χ2n) is 19.0. The number of hydrogen-bond acceptors (Lipinski definition) is 11. The van der Waals surface area contributed by atoms with Gasteiger partial charge in [-0.05, 0) is 106 Å². The molecule has 2 amide bonds. The third-order valence-corrected chi connectivity index (χ3v) is 14.7. The molecule has 2 aliphatic heterocycles. The Bertz CT molecular complexity index is 3240. The number of rotatable bonds is 6. The first-order chi connectivity index (χ1) is 32.5. The Kier molecular flexibility index (Phi) is 12.8. The summed E-state index contributed by atoms with van der Waals surface area (Å²) < 4.78 is 38.1. The van der Waals surface area contributed by atoms with Gasteiger partial charge >= 0.3 is 12.2 Å². The molecule has 0 atom stereocenters. The van der Waals surface area contributed by atoms with E-state index >= 15 is 0 Å². The molecule has 4 heterocycles. The van der Waals surface area contributed by atoms with Gasteiger partial charge < -0.3 is 29.1 Å². The van der Waals surface area contributed by atoms with Crippen LogP contribution < -0.4 is 9.80 Å². The summed E-state index contributed by atoms with van der Waals surface area (Å²) in [6.07, 6.45) is -0.538. The molecule has 10 rings (SSSR count). The number of piperazine rings is 2. The van der Waals surface area contributed by atoms with Gasteiger partial charge in [-0.1, -0.05) is 84.6 Å². The highest BCUT2D eigenvalue weighted by Gasteiger charge is 2.29. The van der Waals surface area contributed by atoms with Crippen molar-refractivity contribution < 1.29 is 27.5 Å². The number of amides is 2. The summed E-state index contributed by atoms with van der Waals surface area (Å²) in [6.45, 7) is 16.5. The number of anilines is 2. The minimum atomic E-state index is -3.81. The quantitative estimate of drug-likeness (QED) is 0.163. The Morgan fingerprint density at radius 3 is 1.68 bits per heavy atom. The van der Waals surface area contributed by atoms with Gasteiger partial charge in [0.25, 0.3) is 0 Å². The zero-order chi connectivity index (χ0) is 47.8. The SMILES string of the molecule is CC(C)(C)OC(=O)N1CCN(c2ccc3c(S(=O)(=O)c4cccc5ccccc45)[nH]nc3c2)CC1.CC(C)(C)OC(=O)N1CCN(c2ccc3c(Sc4cccc5ccccc45)n[nH]c3c2)CC1. The van der Waals surface area contributed by atoms with Crippen LogP contribution >= 0.6 is 11.8 Å². The fourth-order valence-electron chi connectivity index (χ4n) is 8.51. The molecule has 0 bridgehead atoms. The molecule has 2 aromatic heterocycles. The summed E-state index contributed by atoms with van der Waals surface area (Å²) in [7, 11) is -3.81. The number of fused-ring (bicyclic) bond motifs is 4. The van der Waals surface area contributed by atoms with Crippen LogP contribution in [0.25, 0.3) is 43.4 Å². The summed E-state index contributed by atoms with van der Waals surface area (Å²) in [5, 5.41) is 21.6. The topological polar surface area (TPSA) is 157 Å². The van der Waals surface area contributed by atoms with E-state index in [1.807, 2.05) is 84.0 Å². The molecule has 68 heavy (non-hydrogen) atoms. The number of H-pyrrole nitrogens is 2. The lowest BCUT2D eigenvalue weighted by molar-refractivity contribution is 0.0230. The molecule has 2 N–H and O–H groups in total. The Balaban J connectivity index is 0.000000170. The first-order valence-corrected chi connectivity index (χ1v) is 25.1. The minimum Gasteiger partial charge on any atom is -0.444 e. The summed E-state index contributed by atoms with van der Waals surface area (Å²) in [4.78, 5) is 34.1. The molecule has 0 spiro atoms. The largest absolute Gasteiger partial charge is 0.444 e. The van der Waals surface area contributed by atoms with E-state index in [2.05, 4.69) is 90.9 Å². The highest BCUT2D eigenvalue weighted by Crippen LogP contribution is 2.37. The Morgan fingerprint density at radius 1 is 0.559 bits per heavy atom. The fraction of sp³-hybridized carbons (Fsp3) is 0.308. The van der Waals surface area contributed by atoms with Crippen molar-refractivity contribution >= 4 is 88.5 Å². The van der Waals surface area contributed by atoms with E-state index in [1.165, 1.54) is 15.7 Å². The Morgan fingerprint density at radius 2 is 1.07 bits per heavy atom. The van der Waals surface area contributed by atoms with Crippen LogP contribution in [-0.4, -0.2) is 114 Å². The highest BCUT2D eigenvalue weighted by atomic mass is 32.2. The summed E-state index contributed by atoms with van der Waals surface area (Å²) >= 11 is 1.69. The Hall–Kier alpha value is -6.78. The van der Waals surface area contributed by atoms with E-state index in [0.717, 1.165) is 45.8 Å². The van der Waals surface area contributed by atoms with Gasteiger partial charge in [-0.25, -0.2) is 18.0 Å². The number of aromatic nitrogens is 4. The second kappa shape index (κ2) is 18.7. The molecule has 6 aromatic carbocycles. The lowest BCUT2D eigenvalue weighted by Crippen LogP contribution is -2.50. The maximum Gasteiger partial charge on any atom is 0.410 e. The molecule has 0 radical (unpaired) electrons. The van der Waals surface area contributed by atoms with Crippen molar-refractivity contribution in [1.29, 1.82) is 0 Å². The van der Waals surface area contributed by atoms with Crippen molar-refractivity contribution in [3.05, 3.63) is 121 Å². The van der Waals surface area contributed by atoms with Crippen molar-refractivity contribution in [3.63, 3.8) is 0 Å². The Labute approximate surface area is 400 Å². The van der Waals surface area contributed by atoms with Gasteiger partial charge in [-0.3, -0.25) is 10.2 Å². The first-order valence-electron chi connectivity index (χ1n) is 22.8. The van der Waals surface area contributed by atoms with Crippen molar-refractivity contribution in [1.82, 2.24) is 30.2 Å². The fourth-order valence-corrected chi connectivity index (χ4v) is 11.1. The van der Waals surface area contributed by atoms with E-state index in [9.17, 15) is 18.0 Å². The van der Waals surface area contributed by atoms with Gasteiger partial charge in [-0.15, -0.1) is 0 Å². The average Bonchev–Trinajstić information content (AvgIpc) is 3.95. The number of hydrogen-bond donors (Lipinski definition) is 2. The predicted molar refractivity (Wildman–Crippen MR) is 270 cm³/mol. The van der Waals surface area contributed by atoms with E-state index < -0.39 is 21.0 Å². The lowest BCUT2D eigenvalue weighted by Gasteiger charge is -2.36. The molecular formula is C52H56N8O6S2. The van der Waals surface area contributed by atoms with Crippen LogP contribution in [0.1, 0.15) is 41.5 Å². The molecule has 352 valence electrons. The molecular weight excluding hydrogens is 897 g/mol. The number of ether oxygens (including phenoxy) is 2. The lowest BCUT2D eigenvalue weighted by atomic mass is 10.1. The van der Waals surface area contributed by atoms with Crippen molar-refractivity contribution in [2.45, 2.75) is 72.6 Å². The van der Waals surface area contributed by atoms with Gasteiger partial charge in [0.05, 0.1) is 15.9 Å². The van der Waals surface area contributed by atoms with E-state index in [4.69, 9.17) is 9.47 Å². The van der Waals surface area contributed by atoms with Crippen LogP contribution in [0.5, 0.6) is 0 Å². The first kappa shape index (κ1) is 46.3. The second-order valence-corrected chi connectivity index (χ2v) is 21.9. The zero-order valence-electron chi connectivity index (χ0n) is 39.2. The monoisotopic (exact) mass is 952 g/mol. The number of nitrogens with zero attached hydrogens (tertiary/aromatic N) is 6. The van der Waals surface area contributed by atoms with Crippen molar-refractivity contribution in [2.24, 2.45) is 0 Å². The van der Waals surface area contributed by atoms with Crippen LogP contribution in [0.2, 0.25) is 0 Å². The van der Waals surface area contributed by atoms with Crippen LogP contribution in [0.3, 0.4) is 0 Å². The van der Waals surface area contributed by atoms with E-state index in [1.54, 1.807) is 39.8 Å². The van der Waals surface area contributed by atoms with Crippen molar-refractivity contribution in [2.75, 3.05) is 62.2 Å². The average molecular weight is 953 g/mol. The third-order valence-electron chi connectivity index (χ3n) is 11.9. The predicted octanol–water partition coefficient (Wildman–Crippen LogP) is 10.5. The minimum absolute atomic E-state index is 0.0881. The molecule has 0 unspecified atom stereocenters. The van der Waals surface area contributed by atoms with Crippen LogP contribution in [0.15, 0.2) is 141 Å². The van der Waals surface area contributed by atoms with E-state index in [0.29, 0.717) is 55.6 Å². The van der Waals surface area contributed by atoms with Gasteiger partial charge in [0, 0.05) is 84.8 Å². The number of carbonyl (C=O) groups is 2. The molecule has 0 saturated carbocycles. The molecule has 0 aliphatic carbocycles. The number of benzene rings is 6. The smallest absolute Gasteiger partial charge is 0.410 e. The van der Waals surface area contributed by atoms with Gasteiger partial charge in [0.2, 0.25) is 9.84 Å². The number of sulfone groups is 1. The molecule has 2 fully saturated rings. The summed E-state index contributed by atoms with van der Waals surface area (Å²) in [5.41, 5.74) is 2.67. The number of aromatic amines is 2. The normalized spacial score (nSPS) is 14.9. The third kappa shape index (κ3) is 10.1. The highest BCUT2D eigenvalue weighted by molar-refractivity contribution is 7.99. The number of nitrogens with one attached hydrogen (secondary N) is 2. The summed E-state index contributed by atoms with van der Waals surface area (Å²) in [6, 6.07) is 39.5. The van der Waals surface area contributed by atoms with Crippen molar-refractivity contribution in [3.8, 4) is 0 Å². The standard InChI is InChI=1S/C26H28N4O4S.C26H28N4O2S/c1-26(2,3)34-25(31)30-15-13-29(14-16-30)19-11-12-21-22(17-19)27-28-24(21)35(32,33)23-10-6-8-18-7-4-5-9-20(18)23;1-26(2,3)32-25(31)30-15-13-29(14-16-30)19-11-12-21-22(17-19)27-28-24(21)33-23-10-6-8-18-7-4-5-9-20(18)23/h4-12,17H,13-16H2,1-3H3,(H,27,28);4-12,17H,13-16H2,1-3H3,(H,27,28). The van der Waals surface area contributed by atoms with Crippen LogP contribution in [0, 0.1) is 0 Å². The zero-order valence-corrected chi connectivity index (χ0v) is 40.8. The van der Waals surface area contributed by atoms with Gasteiger partial charge in [0.15, 0.2) is 5.03 Å². The maximum absolute atomic E-state index is 13.6. The van der Waals surface area contributed by atoms with Crippen LogP contribution in [0.4, 0.5) is 21.0 Å². The maximum atomic E-state index is 13.6. The summed E-state index contributed by atoms with van der Waals surface area (Å²) in [5.74, 6) is 0. The van der Waals surface area contributed by atoms with Crippen LogP contribution in [-0.2, 0) is 19.3 Å². The molecule has 2 saturated heterocycles. The molecule has 8 aromatic rings. The molecule has 14 nitrogen and oxygen atoms in total. The van der Waals surface area contributed by atoms with Gasteiger partial charge in [0.1, 0.15) is 16.2 Å².